The first-order chi connectivity index (χ1) is 9.68. The maximum atomic E-state index is 11.7. The van der Waals surface area contributed by atoms with Crippen LogP contribution in [0.3, 0.4) is 0 Å². The molecular formula is C16H16O4. The molecule has 2 rings (SSSR count). The van der Waals surface area contributed by atoms with Crippen LogP contribution in [0.5, 0.6) is 5.75 Å². The number of aliphatic hydroxyl groups excluding tert-OH is 1. The Morgan fingerprint density at radius 1 is 1.05 bits per heavy atom. The standard InChI is InChI=1S/C16H16O4/c17-14-9-5-4-6-12(14)10-11-20-16(19)15(18)13-7-2-1-3-8-13/h1-9,15,17-18H,10-11H2/t15-/m0/s1. The highest BCUT2D eigenvalue weighted by atomic mass is 16.5. The van der Waals surface area contributed by atoms with Gasteiger partial charge in [-0.15, -0.1) is 0 Å². The van der Waals surface area contributed by atoms with Crippen LogP contribution < -0.4 is 0 Å². The van der Waals surface area contributed by atoms with Crippen LogP contribution in [0.4, 0.5) is 0 Å². The number of phenols is 1. The van der Waals surface area contributed by atoms with Gasteiger partial charge in [-0.3, -0.25) is 0 Å². The Bertz CT molecular complexity index is 566. The number of hydrogen-bond donors (Lipinski definition) is 2. The van der Waals surface area contributed by atoms with E-state index in [1.165, 1.54) is 0 Å². The number of aromatic hydroxyl groups is 1. The third kappa shape index (κ3) is 3.59. The number of aliphatic hydroxyl groups is 1. The molecule has 0 aliphatic carbocycles. The molecule has 0 spiro atoms. The van der Waals surface area contributed by atoms with Crippen LogP contribution >= 0.6 is 0 Å². The lowest BCUT2D eigenvalue weighted by molar-refractivity contribution is -0.153. The zero-order chi connectivity index (χ0) is 14.4. The molecule has 2 N–H and O–H groups in total. The summed E-state index contributed by atoms with van der Waals surface area (Å²) >= 11 is 0. The lowest BCUT2D eigenvalue weighted by Crippen LogP contribution is -2.16. The summed E-state index contributed by atoms with van der Waals surface area (Å²) in [6.45, 7) is 0.111. The lowest BCUT2D eigenvalue weighted by atomic mass is 10.1. The van der Waals surface area contributed by atoms with Gasteiger partial charge in [0.1, 0.15) is 5.75 Å². The normalized spacial score (nSPS) is 11.8. The van der Waals surface area contributed by atoms with Crippen molar-refractivity contribution in [3.63, 3.8) is 0 Å². The predicted octanol–water partition coefficient (Wildman–Crippen LogP) is 2.21. The van der Waals surface area contributed by atoms with Gasteiger partial charge in [-0.2, -0.15) is 0 Å². The van der Waals surface area contributed by atoms with Gasteiger partial charge in [0, 0.05) is 6.42 Å². The Kier molecular flexibility index (Phi) is 4.74. The van der Waals surface area contributed by atoms with Crippen LogP contribution in [0.15, 0.2) is 54.6 Å². The first kappa shape index (κ1) is 14.1. The fourth-order valence-corrected chi connectivity index (χ4v) is 1.83. The molecule has 2 aromatic carbocycles. The summed E-state index contributed by atoms with van der Waals surface area (Å²) in [5.41, 5.74) is 1.20. The molecule has 0 unspecified atom stereocenters. The molecule has 4 nitrogen and oxygen atoms in total. The van der Waals surface area contributed by atoms with Crippen molar-refractivity contribution in [1.82, 2.24) is 0 Å². The van der Waals surface area contributed by atoms with Crippen LogP contribution in [0.2, 0.25) is 0 Å². The summed E-state index contributed by atoms with van der Waals surface area (Å²) in [6, 6.07) is 15.5. The number of esters is 1. The summed E-state index contributed by atoms with van der Waals surface area (Å²) in [5.74, 6) is -0.515. The van der Waals surface area contributed by atoms with Gasteiger partial charge in [0.05, 0.1) is 6.61 Å². The van der Waals surface area contributed by atoms with E-state index in [-0.39, 0.29) is 12.4 Å². The smallest absolute Gasteiger partial charge is 0.339 e. The van der Waals surface area contributed by atoms with Crippen molar-refractivity contribution in [1.29, 1.82) is 0 Å². The Balaban J connectivity index is 1.85. The number of para-hydroxylation sites is 1. The van der Waals surface area contributed by atoms with E-state index in [1.807, 2.05) is 0 Å². The van der Waals surface area contributed by atoms with Gasteiger partial charge < -0.3 is 14.9 Å². The molecule has 0 heterocycles. The molecule has 104 valence electrons. The molecule has 4 heteroatoms. The molecule has 0 amide bonds. The second-order valence-corrected chi connectivity index (χ2v) is 4.36. The van der Waals surface area contributed by atoms with Gasteiger partial charge in [-0.25, -0.2) is 4.79 Å². The summed E-state index contributed by atoms with van der Waals surface area (Å²) < 4.78 is 5.02. The summed E-state index contributed by atoms with van der Waals surface area (Å²) in [7, 11) is 0. The fraction of sp³-hybridized carbons (Fsp3) is 0.188. The van der Waals surface area contributed by atoms with Crippen molar-refractivity contribution in [3.05, 3.63) is 65.7 Å². The highest BCUT2D eigenvalue weighted by Crippen LogP contribution is 2.17. The second kappa shape index (κ2) is 6.73. The van der Waals surface area contributed by atoms with Gasteiger partial charge in [0.25, 0.3) is 0 Å². The Morgan fingerprint density at radius 2 is 1.70 bits per heavy atom. The van der Waals surface area contributed by atoms with Crippen molar-refractivity contribution in [2.75, 3.05) is 6.61 Å². The minimum Gasteiger partial charge on any atom is -0.508 e. The largest absolute Gasteiger partial charge is 0.508 e. The topological polar surface area (TPSA) is 66.8 Å². The summed E-state index contributed by atoms with van der Waals surface area (Å²) in [4.78, 5) is 11.7. The van der Waals surface area contributed by atoms with Gasteiger partial charge >= 0.3 is 5.97 Å². The SMILES string of the molecule is O=C(OCCc1ccccc1O)[C@@H](O)c1ccccc1. The van der Waals surface area contributed by atoms with Crippen molar-refractivity contribution in [3.8, 4) is 5.75 Å². The van der Waals surface area contributed by atoms with Crippen molar-refractivity contribution in [2.24, 2.45) is 0 Å². The quantitative estimate of drug-likeness (QED) is 0.819. The van der Waals surface area contributed by atoms with Crippen molar-refractivity contribution < 1.29 is 19.7 Å². The van der Waals surface area contributed by atoms with Gasteiger partial charge in [-0.1, -0.05) is 48.5 Å². The minimum absolute atomic E-state index is 0.111. The predicted molar refractivity (Wildman–Crippen MR) is 74.2 cm³/mol. The fourth-order valence-electron chi connectivity index (χ4n) is 1.83. The van der Waals surface area contributed by atoms with E-state index < -0.39 is 12.1 Å². The number of ether oxygens (including phenoxy) is 1. The van der Waals surface area contributed by atoms with E-state index >= 15 is 0 Å². The molecule has 2 aromatic rings. The lowest BCUT2D eigenvalue weighted by Gasteiger charge is -2.11. The monoisotopic (exact) mass is 272 g/mol. The average Bonchev–Trinajstić information content (AvgIpc) is 2.49. The van der Waals surface area contributed by atoms with Crippen LogP contribution in [0, 0.1) is 0 Å². The molecule has 0 aliphatic rings. The summed E-state index contributed by atoms with van der Waals surface area (Å²) in [6.07, 6.45) is -0.875. The van der Waals surface area contributed by atoms with E-state index in [2.05, 4.69) is 0 Å². The molecular weight excluding hydrogens is 256 g/mol. The second-order valence-electron chi connectivity index (χ2n) is 4.36. The third-order valence-corrected chi connectivity index (χ3v) is 2.95. The van der Waals surface area contributed by atoms with E-state index in [1.54, 1.807) is 54.6 Å². The molecule has 0 saturated heterocycles. The highest BCUT2D eigenvalue weighted by Gasteiger charge is 2.18. The number of carbonyl (C=O) groups is 1. The van der Waals surface area contributed by atoms with Crippen LogP contribution in [-0.4, -0.2) is 22.8 Å². The average molecular weight is 272 g/mol. The van der Waals surface area contributed by atoms with E-state index in [9.17, 15) is 15.0 Å². The number of hydrogen-bond acceptors (Lipinski definition) is 4. The molecule has 0 aromatic heterocycles. The maximum absolute atomic E-state index is 11.7. The van der Waals surface area contributed by atoms with Crippen LogP contribution in [0.25, 0.3) is 0 Å². The van der Waals surface area contributed by atoms with Gasteiger partial charge in [-0.05, 0) is 17.2 Å². The Hall–Kier alpha value is -2.33. The van der Waals surface area contributed by atoms with E-state index in [4.69, 9.17) is 4.74 Å². The van der Waals surface area contributed by atoms with Gasteiger partial charge in [0.15, 0.2) is 6.10 Å². The Labute approximate surface area is 117 Å². The van der Waals surface area contributed by atoms with E-state index in [0.29, 0.717) is 17.5 Å². The van der Waals surface area contributed by atoms with E-state index in [0.717, 1.165) is 0 Å². The number of phenolic OH excluding ortho intramolecular Hbond substituents is 1. The molecule has 0 bridgehead atoms. The molecule has 0 saturated carbocycles. The van der Waals surface area contributed by atoms with Crippen molar-refractivity contribution >= 4 is 5.97 Å². The maximum Gasteiger partial charge on any atom is 0.339 e. The van der Waals surface area contributed by atoms with Crippen molar-refractivity contribution in [2.45, 2.75) is 12.5 Å². The first-order valence-electron chi connectivity index (χ1n) is 6.35. The molecule has 0 radical (unpaired) electrons. The zero-order valence-corrected chi connectivity index (χ0v) is 10.9. The van der Waals surface area contributed by atoms with Crippen LogP contribution in [-0.2, 0) is 16.0 Å². The minimum atomic E-state index is -1.28. The van der Waals surface area contributed by atoms with Gasteiger partial charge in [0.2, 0.25) is 0 Å². The Morgan fingerprint density at radius 3 is 2.40 bits per heavy atom. The third-order valence-electron chi connectivity index (χ3n) is 2.95. The van der Waals surface area contributed by atoms with Crippen LogP contribution in [0.1, 0.15) is 17.2 Å². The molecule has 1 atom stereocenters. The molecule has 0 aliphatic heterocycles. The first-order valence-corrected chi connectivity index (χ1v) is 6.35. The highest BCUT2D eigenvalue weighted by molar-refractivity contribution is 5.76. The zero-order valence-electron chi connectivity index (χ0n) is 10.9. The number of benzene rings is 2. The molecule has 20 heavy (non-hydrogen) atoms. The molecule has 0 fully saturated rings. The number of carbonyl (C=O) groups excluding carboxylic acids is 1. The summed E-state index contributed by atoms with van der Waals surface area (Å²) in [5, 5.41) is 19.4. The number of rotatable bonds is 5.